The number of hydrogen-bond acceptors (Lipinski definition) is 3. The number of primary amides is 1. The van der Waals surface area contributed by atoms with Gasteiger partial charge in [0, 0.05) is 19.8 Å². The number of hydrogen-bond donors (Lipinski definition) is 3. The Kier molecular flexibility index (Phi) is 7.57. The highest BCUT2D eigenvalue weighted by Crippen LogP contribution is 2.11. The molecule has 1 aromatic rings. The molecule has 130 valence electrons. The molecule has 0 spiro atoms. The number of benzene rings is 1. The molecule has 0 aliphatic heterocycles. The van der Waals surface area contributed by atoms with E-state index in [0.29, 0.717) is 10.0 Å². The van der Waals surface area contributed by atoms with Gasteiger partial charge < -0.3 is 16.4 Å². The van der Waals surface area contributed by atoms with E-state index in [1.54, 1.807) is 0 Å². The zero-order chi connectivity index (χ0) is 18.3. The molecular formula is C16H19BrFN3O3. The molecule has 0 fully saturated rings. The standard InChI is InChI=1S/C16H19BrFN3O3/c1-9(17)7-13(15(19)23)21-16(24)14(20-10(2)22)8-11-3-5-12(18)6-4-11/h3-6,13-14H,1,7-8H2,2H3,(H2,19,23)(H,20,22)(H,21,24)/t13-,14+/m1/s1. The van der Waals surface area contributed by atoms with Gasteiger partial charge in [-0.1, -0.05) is 34.6 Å². The predicted octanol–water partition coefficient (Wildman–Crippen LogP) is 1.14. The first-order valence-corrected chi connectivity index (χ1v) is 7.93. The van der Waals surface area contributed by atoms with Crippen LogP contribution in [0.1, 0.15) is 18.9 Å². The minimum atomic E-state index is -0.950. The Morgan fingerprint density at radius 3 is 2.25 bits per heavy atom. The highest BCUT2D eigenvalue weighted by atomic mass is 79.9. The Bertz CT molecular complexity index is 634. The number of nitrogens with two attached hydrogens (primary N) is 1. The van der Waals surface area contributed by atoms with Crippen LogP contribution in [0, 0.1) is 5.82 Å². The van der Waals surface area contributed by atoms with Gasteiger partial charge in [-0.05, 0) is 22.2 Å². The van der Waals surface area contributed by atoms with Gasteiger partial charge in [0.05, 0.1) is 0 Å². The summed E-state index contributed by atoms with van der Waals surface area (Å²) in [6, 6.07) is 3.69. The number of carbonyl (C=O) groups is 3. The van der Waals surface area contributed by atoms with Gasteiger partial charge in [-0.3, -0.25) is 14.4 Å². The second-order valence-corrected chi connectivity index (χ2v) is 6.39. The molecule has 0 aliphatic rings. The van der Waals surface area contributed by atoms with Crippen LogP contribution in [0.5, 0.6) is 0 Å². The van der Waals surface area contributed by atoms with Crippen molar-refractivity contribution < 1.29 is 18.8 Å². The monoisotopic (exact) mass is 399 g/mol. The van der Waals surface area contributed by atoms with Crippen molar-refractivity contribution in [2.45, 2.75) is 31.8 Å². The quantitative estimate of drug-likeness (QED) is 0.610. The molecule has 2 atom stereocenters. The molecule has 0 aromatic heterocycles. The largest absolute Gasteiger partial charge is 0.368 e. The van der Waals surface area contributed by atoms with E-state index in [1.807, 2.05) is 0 Å². The zero-order valence-corrected chi connectivity index (χ0v) is 14.7. The maximum atomic E-state index is 13.0. The van der Waals surface area contributed by atoms with Gasteiger partial charge in [0.25, 0.3) is 0 Å². The summed E-state index contributed by atoms with van der Waals surface area (Å²) in [7, 11) is 0. The maximum Gasteiger partial charge on any atom is 0.243 e. The fourth-order valence-electron chi connectivity index (χ4n) is 2.03. The molecule has 0 bridgehead atoms. The maximum absolute atomic E-state index is 13.0. The lowest BCUT2D eigenvalue weighted by Crippen LogP contribution is -2.53. The number of carbonyl (C=O) groups excluding carboxylic acids is 3. The number of amides is 3. The van der Waals surface area contributed by atoms with E-state index < -0.39 is 35.6 Å². The van der Waals surface area contributed by atoms with Crippen LogP contribution < -0.4 is 16.4 Å². The molecule has 0 saturated heterocycles. The summed E-state index contributed by atoms with van der Waals surface area (Å²) in [5.74, 6) is -2.08. The lowest BCUT2D eigenvalue weighted by molar-refractivity contribution is -0.130. The van der Waals surface area contributed by atoms with Gasteiger partial charge >= 0.3 is 0 Å². The van der Waals surface area contributed by atoms with Gasteiger partial charge in [-0.2, -0.15) is 0 Å². The van der Waals surface area contributed by atoms with E-state index in [1.165, 1.54) is 31.2 Å². The summed E-state index contributed by atoms with van der Waals surface area (Å²) in [6.45, 7) is 4.88. The van der Waals surface area contributed by atoms with Gasteiger partial charge in [0.1, 0.15) is 17.9 Å². The molecule has 3 amide bonds. The molecular weight excluding hydrogens is 381 g/mol. The third-order valence-corrected chi connectivity index (χ3v) is 3.46. The molecule has 0 unspecified atom stereocenters. The topological polar surface area (TPSA) is 101 Å². The lowest BCUT2D eigenvalue weighted by Gasteiger charge is -2.21. The normalized spacial score (nSPS) is 12.8. The Morgan fingerprint density at radius 1 is 1.21 bits per heavy atom. The first-order valence-electron chi connectivity index (χ1n) is 7.13. The summed E-state index contributed by atoms with van der Waals surface area (Å²) in [4.78, 5) is 35.2. The van der Waals surface area contributed by atoms with E-state index in [4.69, 9.17) is 5.73 Å². The Hall–Kier alpha value is -2.22. The highest BCUT2D eigenvalue weighted by molar-refractivity contribution is 9.11. The SMILES string of the molecule is C=C(Br)C[C@@H](NC(=O)[C@H](Cc1ccc(F)cc1)NC(C)=O)C(N)=O. The van der Waals surface area contributed by atoms with Crippen LogP contribution in [0.25, 0.3) is 0 Å². The van der Waals surface area contributed by atoms with Crippen molar-refractivity contribution in [1.29, 1.82) is 0 Å². The van der Waals surface area contributed by atoms with E-state index in [2.05, 4.69) is 33.1 Å². The number of halogens is 2. The van der Waals surface area contributed by atoms with Crippen molar-refractivity contribution in [1.82, 2.24) is 10.6 Å². The highest BCUT2D eigenvalue weighted by Gasteiger charge is 2.25. The molecule has 8 heteroatoms. The van der Waals surface area contributed by atoms with Crippen LogP contribution in [-0.4, -0.2) is 29.8 Å². The third-order valence-electron chi connectivity index (χ3n) is 3.13. The first-order chi connectivity index (χ1) is 11.2. The fraction of sp³-hybridized carbons (Fsp3) is 0.312. The molecule has 0 aliphatic carbocycles. The summed E-state index contributed by atoms with van der Waals surface area (Å²) in [6.07, 6.45) is 0.275. The van der Waals surface area contributed by atoms with Gasteiger partial charge in [0.2, 0.25) is 17.7 Å². The van der Waals surface area contributed by atoms with Crippen molar-refractivity contribution in [3.63, 3.8) is 0 Å². The van der Waals surface area contributed by atoms with Gasteiger partial charge in [-0.25, -0.2) is 4.39 Å². The van der Waals surface area contributed by atoms with Crippen molar-refractivity contribution in [2.24, 2.45) is 5.73 Å². The Balaban J connectivity index is 2.87. The summed E-state index contributed by atoms with van der Waals surface area (Å²) < 4.78 is 13.5. The fourth-order valence-corrected chi connectivity index (χ4v) is 2.35. The van der Waals surface area contributed by atoms with E-state index in [-0.39, 0.29) is 12.8 Å². The second kappa shape index (κ2) is 9.17. The summed E-state index contributed by atoms with van der Waals surface area (Å²) in [5.41, 5.74) is 5.92. The third kappa shape index (κ3) is 6.91. The van der Waals surface area contributed by atoms with Crippen LogP contribution >= 0.6 is 15.9 Å². The molecule has 1 aromatic carbocycles. The predicted molar refractivity (Wildman–Crippen MR) is 91.5 cm³/mol. The van der Waals surface area contributed by atoms with Gasteiger partial charge in [0.15, 0.2) is 0 Å². The molecule has 24 heavy (non-hydrogen) atoms. The van der Waals surface area contributed by atoms with Crippen LogP contribution in [0.4, 0.5) is 4.39 Å². The number of nitrogens with one attached hydrogen (secondary N) is 2. The molecule has 0 saturated carbocycles. The van der Waals surface area contributed by atoms with Gasteiger partial charge in [-0.15, -0.1) is 0 Å². The average molecular weight is 400 g/mol. The Morgan fingerprint density at radius 2 is 1.79 bits per heavy atom. The van der Waals surface area contributed by atoms with Crippen molar-refractivity contribution in [3.05, 3.63) is 46.7 Å². The summed E-state index contributed by atoms with van der Waals surface area (Å²) in [5, 5.41) is 5.00. The van der Waals surface area contributed by atoms with Crippen molar-refractivity contribution in [3.8, 4) is 0 Å². The molecule has 1 rings (SSSR count). The lowest BCUT2D eigenvalue weighted by atomic mass is 10.0. The number of rotatable bonds is 8. The minimum Gasteiger partial charge on any atom is -0.368 e. The van der Waals surface area contributed by atoms with E-state index >= 15 is 0 Å². The first kappa shape index (κ1) is 19.8. The molecule has 0 radical (unpaired) electrons. The molecule has 0 heterocycles. The van der Waals surface area contributed by atoms with Crippen LogP contribution in [0.15, 0.2) is 35.3 Å². The van der Waals surface area contributed by atoms with Crippen molar-refractivity contribution in [2.75, 3.05) is 0 Å². The summed E-state index contributed by atoms with van der Waals surface area (Å²) >= 11 is 3.11. The second-order valence-electron chi connectivity index (χ2n) is 5.27. The van der Waals surface area contributed by atoms with Crippen LogP contribution in [0.2, 0.25) is 0 Å². The molecule has 4 N–H and O–H groups in total. The Labute approximate surface area is 147 Å². The molecule has 6 nitrogen and oxygen atoms in total. The van der Waals surface area contributed by atoms with E-state index in [0.717, 1.165) is 0 Å². The van der Waals surface area contributed by atoms with E-state index in [9.17, 15) is 18.8 Å². The van der Waals surface area contributed by atoms with Crippen molar-refractivity contribution >= 4 is 33.7 Å². The van der Waals surface area contributed by atoms with Crippen LogP contribution in [-0.2, 0) is 20.8 Å². The smallest absolute Gasteiger partial charge is 0.243 e. The average Bonchev–Trinajstić information content (AvgIpc) is 2.47. The van der Waals surface area contributed by atoms with Crippen LogP contribution in [0.3, 0.4) is 0 Å². The minimum absolute atomic E-state index is 0.129. The zero-order valence-electron chi connectivity index (χ0n) is 13.1.